The third kappa shape index (κ3) is 1.87. The molecule has 1 aliphatic rings. The second-order valence-electron chi connectivity index (χ2n) is 5.78. The largest absolute Gasteiger partial charge is 0.350 e. The first-order valence-corrected chi connectivity index (χ1v) is 7.20. The van der Waals surface area contributed by atoms with Crippen LogP contribution in [-0.4, -0.2) is 14.8 Å². The lowest BCUT2D eigenvalue weighted by atomic mass is 10.1. The fourth-order valence-corrected chi connectivity index (χ4v) is 3.07. The van der Waals surface area contributed by atoms with Crippen molar-refractivity contribution in [2.24, 2.45) is 7.05 Å². The van der Waals surface area contributed by atoms with Crippen molar-refractivity contribution in [3.05, 3.63) is 56.4 Å². The number of hydrogen-bond donors (Lipinski definition) is 2. The SMILES string of the molecule is Cc1cccc2c(C=c3c(=O)[nH][nH]c3=C3CC3)cn(C)c12. The maximum Gasteiger partial charge on any atom is 0.271 e. The van der Waals surface area contributed by atoms with Gasteiger partial charge in [0.1, 0.15) is 0 Å². The molecule has 2 heterocycles. The number of benzene rings is 1. The normalized spacial score (nSPS) is 15.1. The van der Waals surface area contributed by atoms with E-state index in [2.05, 4.69) is 46.1 Å². The van der Waals surface area contributed by atoms with E-state index in [1.165, 1.54) is 22.0 Å². The Morgan fingerprint density at radius 3 is 2.81 bits per heavy atom. The third-order valence-electron chi connectivity index (χ3n) is 4.20. The van der Waals surface area contributed by atoms with Gasteiger partial charge in [-0.2, -0.15) is 0 Å². The van der Waals surface area contributed by atoms with Crippen LogP contribution in [0.1, 0.15) is 24.0 Å². The molecule has 1 aromatic carbocycles. The van der Waals surface area contributed by atoms with Gasteiger partial charge < -0.3 is 4.57 Å². The van der Waals surface area contributed by atoms with Crippen molar-refractivity contribution in [3.8, 4) is 0 Å². The van der Waals surface area contributed by atoms with Gasteiger partial charge in [-0.05, 0) is 37.0 Å². The molecule has 2 aromatic heterocycles. The number of aromatic amines is 2. The van der Waals surface area contributed by atoms with Crippen molar-refractivity contribution >= 4 is 22.6 Å². The summed E-state index contributed by atoms with van der Waals surface area (Å²) in [4.78, 5) is 12.0. The zero-order valence-electron chi connectivity index (χ0n) is 12.2. The summed E-state index contributed by atoms with van der Waals surface area (Å²) in [7, 11) is 2.05. The molecule has 0 saturated heterocycles. The average Bonchev–Trinajstić information content (AvgIpc) is 3.16. The van der Waals surface area contributed by atoms with Crippen LogP contribution in [0.25, 0.3) is 22.6 Å². The monoisotopic (exact) mass is 279 g/mol. The molecule has 4 nitrogen and oxygen atoms in total. The number of nitrogens with zero attached hydrogens (tertiary/aromatic N) is 1. The van der Waals surface area contributed by atoms with Crippen LogP contribution in [-0.2, 0) is 7.05 Å². The average molecular weight is 279 g/mol. The molecule has 0 aliphatic heterocycles. The first-order chi connectivity index (χ1) is 10.1. The van der Waals surface area contributed by atoms with Crippen LogP contribution in [0.15, 0.2) is 29.2 Å². The number of nitrogens with one attached hydrogen (secondary N) is 2. The van der Waals surface area contributed by atoms with Gasteiger partial charge in [0, 0.05) is 24.2 Å². The molecule has 4 rings (SSSR count). The number of para-hydroxylation sites is 1. The van der Waals surface area contributed by atoms with E-state index in [0.717, 1.165) is 29.0 Å². The molecule has 1 aliphatic carbocycles. The Labute approximate surface area is 121 Å². The quantitative estimate of drug-likeness (QED) is 0.692. The highest BCUT2D eigenvalue weighted by molar-refractivity contribution is 5.91. The number of rotatable bonds is 1. The second-order valence-corrected chi connectivity index (χ2v) is 5.78. The number of aromatic nitrogens is 3. The minimum atomic E-state index is -0.0472. The molecule has 106 valence electrons. The van der Waals surface area contributed by atoms with Gasteiger partial charge in [-0.25, -0.2) is 0 Å². The van der Waals surface area contributed by atoms with Crippen molar-refractivity contribution < 1.29 is 0 Å². The fraction of sp³-hybridized carbons (Fsp3) is 0.235. The van der Waals surface area contributed by atoms with E-state index in [1.54, 1.807) is 0 Å². The number of aryl methyl sites for hydroxylation is 2. The summed E-state index contributed by atoms with van der Waals surface area (Å²) in [6, 6.07) is 6.28. The standard InChI is InChI=1S/C17H17N3O/c1-10-4-3-5-13-12(9-20(2)16(10)13)8-14-15(11-6-7-11)18-19-17(14)21/h3-5,8-9,18H,6-7H2,1-2H3,(H,19,21). The van der Waals surface area contributed by atoms with E-state index in [9.17, 15) is 4.79 Å². The Hall–Kier alpha value is -2.49. The van der Waals surface area contributed by atoms with Crippen LogP contribution >= 0.6 is 0 Å². The lowest BCUT2D eigenvalue weighted by Crippen LogP contribution is -2.33. The van der Waals surface area contributed by atoms with Crippen molar-refractivity contribution in [3.63, 3.8) is 0 Å². The topological polar surface area (TPSA) is 53.6 Å². The molecule has 0 bridgehead atoms. The molecule has 1 fully saturated rings. The molecule has 0 spiro atoms. The highest BCUT2D eigenvalue weighted by Crippen LogP contribution is 2.27. The second kappa shape index (κ2) is 4.25. The molecule has 21 heavy (non-hydrogen) atoms. The zero-order valence-corrected chi connectivity index (χ0v) is 12.2. The van der Waals surface area contributed by atoms with Gasteiger partial charge in [-0.15, -0.1) is 0 Å². The summed E-state index contributed by atoms with van der Waals surface area (Å²) < 4.78 is 2.13. The Balaban J connectivity index is 2.08. The van der Waals surface area contributed by atoms with E-state index in [1.807, 2.05) is 13.1 Å². The number of H-pyrrole nitrogens is 2. The van der Waals surface area contributed by atoms with Crippen LogP contribution in [0.5, 0.6) is 0 Å². The van der Waals surface area contributed by atoms with Crippen LogP contribution in [0.2, 0.25) is 0 Å². The Bertz CT molecular complexity index is 1020. The van der Waals surface area contributed by atoms with E-state index < -0.39 is 0 Å². The van der Waals surface area contributed by atoms with Crippen molar-refractivity contribution in [1.29, 1.82) is 0 Å². The Morgan fingerprint density at radius 1 is 1.24 bits per heavy atom. The van der Waals surface area contributed by atoms with Gasteiger partial charge >= 0.3 is 0 Å². The minimum Gasteiger partial charge on any atom is -0.350 e. The fourth-order valence-electron chi connectivity index (χ4n) is 3.07. The predicted octanol–water partition coefficient (Wildman–Crippen LogP) is 1.28. The number of hydrogen-bond acceptors (Lipinski definition) is 1. The molecule has 0 atom stereocenters. The summed E-state index contributed by atoms with van der Waals surface area (Å²) in [5.74, 6) is 0. The van der Waals surface area contributed by atoms with Gasteiger partial charge in [0.05, 0.1) is 16.1 Å². The summed E-state index contributed by atoms with van der Waals surface area (Å²) in [5.41, 5.74) is 4.83. The molecule has 4 heteroatoms. The van der Waals surface area contributed by atoms with Crippen LogP contribution in [0, 0.1) is 6.92 Å². The Morgan fingerprint density at radius 2 is 2.05 bits per heavy atom. The molecule has 0 amide bonds. The lowest BCUT2D eigenvalue weighted by molar-refractivity contribution is 0.963. The van der Waals surface area contributed by atoms with Crippen molar-refractivity contribution in [2.75, 3.05) is 0 Å². The number of fused-ring (bicyclic) bond motifs is 1. The molecule has 3 aromatic rings. The van der Waals surface area contributed by atoms with Crippen molar-refractivity contribution in [2.45, 2.75) is 19.8 Å². The van der Waals surface area contributed by atoms with E-state index in [-0.39, 0.29) is 5.56 Å². The Kier molecular flexibility index (Phi) is 2.48. The maximum absolute atomic E-state index is 12.0. The first-order valence-electron chi connectivity index (χ1n) is 7.20. The zero-order chi connectivity index (χ0) is 14.6. The predicted molar refractivity (Wildman–Crippen MR) is 84.5 cm³/mol. The summed E-state index contributed by atoms with van der Waals surface area (Å²) in [5, 5.41) is 8.62. The summed E-state index contributed by atoms with van der Waals surface area (Å²) in [6.07, 6.45) is 6.26. The van der Waals surface area contributed by atoms with Crippen molar-refractivity contribution in [1.82, 2.24) is 14.8 Å². The minimum absolute atomic E-state index is 0.0472. The van der Waals surface area contributed by atoms with Gasteiger partial charge in [-0.3, -0.25) is 15.0 Å². The van der Waals surface area contributed by atoms with E-state index in [4.69, 9.17) is 0 Å². The van der Waals surface area contributed by atoms with E-state index >= 15 is 0 Å². The van der Waals surface area contributed by atoms with Crippen LogP contribution in [0.3, 0.4) is 0 Å². The summed E-state index contributed by atoms with van der Waals surface area (Å²) in [6.45, 7) is 2.11. The smallest absolute Gasteiger partial charge is 0.271 e. The molecule has 2 N–H and O–H groups in total. The highest BCUT2D eigenvalue weighted by atomic mass is 16.1. The van der Waals surface area contributed by atoms with Gasteiger partial charge in [-0.1, -0.05) is 18.2 Å². The third-order valence-corrected chi connectivity index (χ3v) is 4.20. The highest BCUT2D eigenvalue weighted by Gasteiger charge is 2.15. The lowest BCUT2D eigenvalue weighted by Gasteiger charge is -1.99. The molecular formula is C17H17N3O. The van der Waals surface area contributed by atoms with Crippen LogP contribution < -0.4 is 16.1 Å². The maximum atomic E-state index is 12.0. The first kappa shape index (κ1) is 12.3. The van der Waals surface area contributed by atoms with Gasteiger partial charge in [0.15, 0.2) is 0 Å². The van der Waals surface area contributed by atoms with E-state index in [0.29, 0.717) is 0 Å². The van der Waals surface area contributed by atoms with Crippen LogP contribution in [0.4, 0.5) is 0 Å². The molecule has 1 saturated carbocycles. The molecule has 0 radical (unpaired) electrons. The van der Waals surface area contributed by atoms with Gasteiger partial charge in [0.2, 0.25) is 0 Å². The molecular weight excluding hydrogens is 262 g/mol. The molecule has 0 unspecified atom stereocenters. The van der Waals surface area contributed by atoms with Gasteiger partial charge in [0.25, 0.3) is 5.56 Å². The summed E-state index contributed by atoms with van der Waals surface area (Å²) >= 11 is 0.